The van der Waals surface area contributed by atoms with Gasteiger partial charge in [0.15, 0.2) is 10.8 Å². The van der Waals surface area contributed by atoms with Gasteiger partial charge in [-0.15, -0.1) is 0 Å². The molecule has 4 aromatic rings. The molecule has 0 saturated heterocycles. The molecule has 0 aliphatic carbocycles. The molecule has 0 bridgehead atoms. The van der Waals surface area contributed by atoms with Crippen molar-refractivity contribution < 1.29 is 4.79 Å². The summed E-state index contributed by atoms with van der Waals surface area (Å²) in [6.07, 6.45) is 1.73. The number of thioether (sulfide) groups is 1. The largest absolute Gasteiger partial charge is 0.311 e. The Morgan fingerprint density at radius 2 is 2.03 bits per heavy atom. The second kappa shape index (κ2) is 7.66. The number of carbonyl (C=O) groups excluding carboxylic acids is 1. The zero-order valence-corrected chi connectivity index (χ0v) is 17.9. The zero-order chi connectivity index (χ0) is 21.5. The highest BCUT2D eigenvalue weighted by Gasteiger charge is 2.29. The van der Waals surface area contributed by atoms with E-state index < -0.39 is 0 Å². The minimum atomic E-state index is -0.267. The summed E-state index contributed by atoms with van der Waals surface area (Å²) in [6.45, 7) is 3.87. The molecule has 1 aliphatic heterocycles. The van der Waals surface area contributed by atoms with Crippen molar-refractivity contribution in [1.29, 1.82) is 0 Å². The van der Waals surface area contributed by atoms with Gasteiger partial charge in [0.05, 0.1) is 17.9 Å². The predicted octanol–water partition coefficient (Wildman–Crippen LogP) is 3.27. The van der Waals surface area contributed by atoms with Crippen LogP contribution in [0.4, 0.5) is 5.82 Å². The van der Waals surface area contributed by atoms with Crippen LogP contribution in [0, 0.1) is 13.8 Å². The summed E-state index contributed by atoms with van der Waals surface area (Å²) >= 11 is 1.48. The van der Waals surface area contributed by atoms with Crippen LogP contribution in [-0.4, -0.2) is 36.0 Å². The van der Waals surface area contributed by atoms with Crippen molar-refractivity contribution >= 4 is 34.5 Å². The lowest BCUT2D eigenvalue weighted by Gasteiger charge is -2.13. The minimum absolute atomic E-state index is 0.171. The maximum Gasteiger partial charge on any atom is 0.265 e. The van der Waals surface area contributed by atoms with Crippen LogP contribution in [0.3, 0.4) is 0 Å². The normalized spacial score (nSPS) is 15.2. The van der Waals surface area contributed by atoms with Crippen LogP contribution >= 0.6 is 11.8 Å². The highest BCUT2D eigenvalue weighted by atomic mass is 32.2. The number of benzene rings is 1. The Bertz CT molecular complexity index is 1380. The molecule has 0 unspecified atom stereocenters. The number of fused-ring (bicyclic) bond motifs is 2. The van der Waals surface area contributed by atoms with Gasteiger partial charge in [0.1, 0.15) is 11.2 Å². The van der Waals surface area contributed by atoms with Gasteiger partial charge in [0, 0.05) is 17.9 Å². The second-order valence-electron chi connectivity index (χ2n) is 7.58. The number of rotatable bonds is 4. The van der Waals surface area contributed by atoms with Crippen molar-refractivity contribution in [1.82, 2.24) is 24.3 Å². The molecule has 5 rings (SSSR count). The first-order valence-electron chi connectivity index (χ1n) is 9.93. The van der Waals surface area contributed by atoms with Crippen molar-refractivity contribution in [2.45, 2.75) is 31.5 Å². The summed E-state index contributed by atoms with van der Waals surface area (Å²) in [5, 5.41) is 8.27. The topological polar surface area (TPSA) is 94.7 Å². The Kier molecular flexibility index (Phi) is 4.82. The number of anilines is 1. The molecule has 0 radical (unpaired) electrons. The molecule has 0 saturated carbocycles. The molecule has 3 aromatic heterocycles. The molecule has 8 nitrogen and oxygen atoms in total. The van der Waals surface area contributed by atoms with Crippen molar-refractivity contribution in [2.24, 2.45) is 0 Å². The van der Waals surface area contributed by atoms with E-state index in [1.165, 1.54) is 11.8 Å². The fourth-order valence-electron chi connectivity index (χ4n) is 3.75. The molecule has 1 amide bonds. The number of carbonyl (C=O) groups is 1. The van der Waals surface area contributed by atoms with Crippen molar-refractivity contribution in [3.8, 4) is 5.69 Å². The molecule has 0 spiro atoms. The maximum atomic E-state index is 13.2. The molecular formula is C22H20N6O2S. The number of pyridine rings is 1. The van der Waals surface area contributed by atoms with Crippen molar-refractivity contribution in [3.63, 3.8) is 0 Å². The Balaban J connectivity index is 1.45. The summed E-state index contributed by atoms with van der Waals surface area (Å²) in [5.41, 5.74) is 3.14. The number of amides is 1. The Labute approximate surface area is 182 Å². The first-order chi connectivity index (χ1) is 15.0. The van der Waals surface area contributed by atoms with Gasteiger partial charge in [-0.05, 0) is 43.7 Å². The van der Waals surface area contributed by atoms with E-state index in [4.69, 9.17) is 4.98 Å². The lowest BCUT2D eigenvalue weighted by Crippen LogP contribution is -2.28. The molecule has 1 aromatic carbocycles. The Morgan fingerprint density at radius 3 is 2.84 bits per heavy atom. The van der Waals surface area contributed by atoms with E-state index in [9.17, 15) is 9.59 Å². The van der Waals surface area contributed by atoms with Gasteiger partial charge in [-0.3, -0.25) is 14.2 Å². The number of hydrogen-bond acceptors (Lipinski definition) is 6. The SMILES string of the molecule is Cc1cccc(-n2ncc3c(=O)n4c(nc32)SC[C@@H]4CC(=O)Nc2cccc(C)n2)c1. The van der Waals surface area contributed by atoms with Crippen LogP contribution in [0.15, 0.2) is 58.6 Å². The fourth-order valence-corrected chi connectivity index (χ4v) is 4.88. The number of nitrogens with zero attached hydrogens (tertiary/aromatic N) is 5. The summed E-state index contributed by atoms with van der Waals surface area (Å²) in [5.74, 6) is 0.941. The summed E-state index contributed by atoms with van der Waals surface area (Å²) in [7, 11) is 0. The van der Waals surface area contributed by atoms with E-state index in [-0.39, 0.29) is 23.9 Å². The number of nitrogens with one attached hydrogen (secondary N) is 1. The van der Waals surface area contributed by atoms with E-state index in [2.05, 4.69) is 15.4 Å². The van der Waals surface area contributed by atoms with E-state index in [1.807, 2.05) is 50.2 Å². The third kappa shape index (κ3) is 3.61. The van der Waals surface area contributed by atoms with Crippen LogP contribution in [-0.2, 0) is 4.79 Å². The molecule has 31 heavy (non-hydrogen) atoms. The van der Waals surface area contributed by atoms with Gasteiger partial charge in [-0.2, -0.15) is 5.10 Å². The van der Waals surface area contributed by atoms with Crippen LogP contribution in [0.25, 0.3) is 16.7 Å². The van der Waals surface area contributed by atoms with E-state index in [0.717, 1.165) is 16.9 Å². The standard InChI is InChI=1S/C22H20N6O2S/c1-13-5-3-7-15(9-13)28-20-17(11-23-28)21(30)27-16(12-31-22(27)26-20)10-19(29)25-18-8-4-6-14(2)24-18/h3-9,11,16H,10,12H2,1-2H3,(H,24,25,29)/t16-/m0/s1. The third-order valence-corrected chi connectivity index (χ3v) is 6.29. The van der Waals surface area contributed by atoms with Gasteiger partial charge >= 0.3 is 0 Å². The minimum Gasteiger partial charge on any atom is -0.311 e. The van der Waals surface area contributed by atoms with Gasteiger partial charge in [-0.25, -0.2) is 14.6 Å². The van der Waals surface area contributed by atoms with Gasteiger partial charge in [0.25, 0.3) is 5.56 Å². The summed E-state index contributed by atoms with van der Waals surface area (Å²) < 4.78 is 3.31. The first kappa shape index (κ1) is 19.5. The third-order valence-electron chi connectivity index (χ3n) is 5.19. The van der Waals surface area contributed by atoms with Crippen LogP contribution in [0.5, 0.6) is 0 Å². The number of hydrogen-bond donors (Lipinski definition) is 1. The fraction of sp³-hybridized carbons (Fsp3) is 0.227. The van der Waals surface area contributed by atoms with Crippen LogP contribution in [0.2, 0.25) is 0 Å². The molecule has 0 fully saturated rings. The Morgan fingerprint density at radius 1 is 1.19 bits per heavy atom. The van der Waals surface area contributed by atoms with E-state index in [0.29, 0.717) is 27.8 Å². The second-order valence-corrected chi connectivity index (χ2v) is 8.57. The van der Waals surface area contributed by atoms with Crippen molar-refractivity contribution in [3.05, 3.63) is 70.3 Å². The van der Waals surface area contributed by atoms with E-state index in [1.54, 1.807) is 21.5 Å². The molecule has 1 N–H and O–H groups in total. The zero-order valence-electron chi connectivity index (χ0n) is 17.1. The molecular weight excluding hydrogens is 412 g/mol. The molecule has 156 valence electrons. The average Bonchev–Trinajstić information content (AvgIpc) is 3.33. The molecule has 9 heteroatoms. The average molecular weight is 433 g/mol. The summed E-state index contributed by atoms with van der Waals surface area (Å²) in [6, 6.07) is 13.1. The van der Waals surface area contributed by atoms with Crippen LogP contribution in [0.1, 0.15) is 23.7 Å². The molecule has 1 aliphatic rings. The first-order valence-corrected chi connectivity index (χ1v) is 10.9. The highest BCUT2D eigenvalue weighted by Crippen LogP contribution is 2.33. The van der Waals surface area contributed by atoms with Gasteiger partial charge in [-0.1, -0.05) is 30.0 Å². The quantitative estimate of drug-likeness (QED) is 0.498. The van der Waals surface area contributed by atoms with Crippen LogP contribution < -0.4 is 10.9 Å². The number of aryl methyl sites for hydroxylation is 2. The predicted molar refractivity (Wildman–Crippen MR) is 120 cm³/mol. The number of aromatic nitrogens is 5. The lowest BCUT2D eigenvalue weighted by atomic mass is 10.2. The Hall–Kier alpha value is -3.46. The van der Waals surface area contributed by atoms with Gasteiger partial charge in [0.2, 0.25) is 5.91 Å². The smallest absolute Gasteiger partial charge is 0.265 e. The maximum absolute atomic E-state index is 13.2. The lowest BCUT2D eigenvalue weighted by molar-refractivity contribution is -0.116. The summed E-state index contributed by atoms with van der Waals surface area (Å²) in [4.78, 5) is 34.8. The molecule has 1 atom stereocenters. The van der Waals surface area contributed by atoms with Gasteiger partial charge < -0.3 is 5.32 Å². The van der Waals surface area contributed by atoms with Crippen molar-refractivity contribution in [2.75, 3.05) is 11.1 Å². The highest BCUT2D eigenvalue weighted by molar-refractivity contribution is 7.99. The molecule has 4 heterocycles. The van der Waals surface area contributed by atoms with E-state index >= 15 is 0 Å². The monoisotopic (exact) mass is 432 g/mol.